The van der Waals surface area contributed by atoms with Crippen LogP contribution in [0.2, 0.25) is 0 Å². The third-order valence-corrected chi connectivity index (χ3v) is 6.38. The molecule has 0 spiro atoms. The highest BCUT2D eigenvalue weighted by Gasteiger charge is 2.31. The molecule has 3 aromatic rings. The fourth-order valence-electron chi connectivity index (χ4n) is 2.86. The Labute approximate surface area is 213 Å². The highest BCUT2D eigenvalue weighted by Crippen LogP contribution is 2.24. The standard InChI is InChI=1S/C22H21F3N4O6S2/c23-22(24,25)35-16-5-3-15(4-6-16)34-12-19(30)28-11-20-29-18(13-36-20)21(31)27-10-9-14-1-7-17(8-2-14)37(26,32)33/h1-8,13H,9-12H2,(H,27,31)(H,28,30)(H2,26,32,33). The van der Waals surface area contributed by atoms with Crippen LogP contribution < -0.4 is 25.2 Å². The second-order valence-corrected chi connectivity index (χ2v) is 9.91. The fraction of sp³-hybridized carbons (Fsp3) is 0.227. The first kappa shape index (κ1) is 27.9. The molecule has 37 heavy (non-hydrogen) atoms. The van der Waals surface area contributed by atoms with Crippen molar-refractivity contribution in [3.05, 3.63) is 70.2 Å². The lowest BCUT2D eigenvalue weighted by atomic mass is 10.1. The summed E-state index contributed by atoms with van der Waals surface area (Å²) in [5, 5.41) is 12.4. The molecule has 10 nitrogen and oxygen atoms in total. The Morgan fingerprint density at radius 3 is 2.27 bits per heavy atom. The Balaban J connectivity index is 1.38. The Morgan fingerprint density at radius 2 is 1.65 bits per heavy atom. The number of hydrogen-bond donors (Lipinski definition) is 3. The summed E-state index contributed by atoms with van der Waals surface area (Å²) in [6.45, 7) is -0.0386. The van der Waals surface area contributed by atoms with E-state index in [9.17, 15) is 31.2 Å². The Morgan fingerprint density at radius 1 is 1.00 bits per heavy atom. The number of nitrogens with zero attached hydrogens (tertiary/aromatic N) is 1. The van der Waals surface area contributed by atoms with Gasteiger partial charge in [0.2, 0.25) is 10.0 Å². The van der Waals surface area contributed by atoms with Gasteiger partial charge in [0.25, 0.3) is 11.8 Å². The average molecular weight is 559 g/mol. The van der Waals surface area contributed by atoms with Gasteiger partial charge in [-0.25, -0.2) is 18.5 Å². The average Bonchev–Trinajstić information content (AvgIpc) is 3.30. The van der Waals surface area contributed by atoms with E-state index in [1.165, 1.54) is 35.6 Å². The number of aromatic nitrogens is 1. The molecule has 4 N–H and O–H groups in total. The summed E-state index contributed by atoms with van der Waals surface area (Å²) < 4.78 is 68.1. The molecular weight excluding hydrogens is 537 g/mol. The van der Waals surface area contributed by atoms with Crippen LogP contribution in [-0.2, 0) is 27.8 Å². The monoisotopic (exact) mass is 558 g/mol. The molecule has 2 aromatic carbocycles. The first-order chi connectivity index (χ1) is 17.4. The summed E-state index contributed by atoms with van der Waals surface area (Å²) in [5.41, 5.74) is 0.985. The van der Waals surface area contributed by atoms with E-state index in [4.69, 9.17) is 9.88 Å². The van der Waals surface area contributed by atoms with E-state index in [-0.39, 0.29) is 36.0 Å². The smallest absolute Gasteiger partial charge is 0.484 e. The largest absolute Gasteiger partial charge is 0.573 e. The number of ether oxygens (including phenoxy) is 2. The quantitative estimate of drug-likeness (QED) is 0.327. The van der Waals surface area contributed by atoms with Gasteiger partial charge < -0.3 is 20.1 Å². The molecule has 1 heterocycles. The number of benzene rings is 2. The van der Waals surface area contributed by atoms with Crippen LogP contribution in [0.4, 0.5) is 13.2 Å². The highest BCUT2D eigenvalue weighted by atomic mass is 32.2. The van der Waals surface area contributed by atoms with Gasteiger partial charge >= 0.3 is 6.36 Å². The van der Waals surface area contributed by atoms with E-state index in [0.29, 0.717) is 11.4 Å². The van der Waals surface area contributed by atoms with E-state index < -0.39 is 33.9 Å². The molecule has 0 saturated heterocycles. The minimum atomic E-state index is -4.80. The van der Waals surface area contributed by atoms with Crippen LogP contribution in [0.15, 0.2) is 58.8 Å². The molecule has 0 atom stereocenters. The van der Waals surface area contributed by atoms with Crippen LogP contribution in [0.25, 0.3) is 0 Å². The lowest BCUT2D eigenvalue weighted by Gasteiger charge is -2.10. The molecular formula is C22H21F3N4O6S2. The summed E-state index contributed by atoms with van der Waals surface area (Å²) in [6.07, 6.45) is -4.34. The second kappa shape index (κ2) is 12.0. The maximum Gasteiger partial charge on any atom is 0.573 e. The zero-order valence-corrected chi connectivity index (χ0v) is 20.6. The van der Waals surface area contributed by atoms with Gasteiger partial charge in [-0.3, -0.25) is 9.59 Å². The van der Waals surface area contributed by atoms with Gasteiger partial charge in [0.15, 0.2) is 6.61 Å². The number of halogens is 3. The number of sulfonamides is 1. The number of nitrogens with two attached hydrogens (primary N) is 1. The number of carbonyl (C=O) groups is 2. The zero-order chi connectivity index (χ0) is 27.1. The van der Waals surface area contributed by atoms with Crippen LogP contribution in [-0.4, -0.2) is 44.7 Å². The first-order valence-corrected chi connectivity index (χ1v) is 12.9. The summed E-state index contributed by atoms with van der Waals surface area (Å²) in [6, 6.07) is 10.6. The van der Waals surface area contributed by atoms with Gasteiger partial charge in [-0.15, -0.1) is 24.5 Å². The topological polar surface area (TPSA) is 150 Å². The van der Waals surface area contributed by atoms with Gasteiger partial charge in [-0.1, -0.05) is 12.1 Å². The molecule has 0 fully saturated rings. The van der Waals surface area contributed by atoms with Crippen molar-refractivity contribution in [2.24, 2.45) is 5.14 Å². The van der Waals surface area contributed by atoms with Gasteiger partial charge in [0.05, 0.1) is 11.4 Å². The van der Waals surface area contributed by atoms with Crippen molar-refractivity contribution in [2.75, 3.05) is 13.2 Å². The minimum Gasteiger partial charge on any atom is -0.484 e. The van der Waals surface area contributed by atoms with Crippen molar-refractivity contribution in [2.45, 2.75) is 24.2 Å². The van der Waals surface area contributed by atoms with E-state index in [1.807, 2.05) is 0 Å². The second-order valence-electron chi connectivity index (χ2n) is 7.41. The van der Waals surface area contributed by atoms with Crippen LogP contribution >= 0.6 is 11.3 Å². The van der Waals surface area contributed by atoms with Gasteiger partial charge in [-0.2, -0.15) is 0 Å². The number of primary sulfonamides is 1. The SMILES string of the molecule is NS(=O)(=O)c1ccc(CCNC(=O)c2csc(CNC(=O)COc3ccc(OC(F)(F)F)cc3)n2)cc1. The molecule has 0 aliphatic rings. The summed E-state index contributed by atoms with van der Waals surface area (Å²) in [5.74, 6) is -1.13. The number of amides is 2. The first-order valence-electron chi connectivity index (χ1n) is 10.5. The van der Waals surface area contributed by atoms with Gasteiger partial charge in [0.1, 0.15) is 22.2 Å². The minimum absolute atomic E-state index is 0.00237. The predicted octanol–water partition coefficient (Wildman–Crippen LogP) is 2.36. The van der Waals surface area contributed by atoms with Crippen molar-refractivity contribution >= 4 is 33.2 Å². The summed E-state index contributed by atoms with van der Waals surface area (Å²) in [7, 11) is -3.77. The maximum atomic E-state index is 12.3. The summed E-state index contributed by atoms with van der Waals surface area (Å²) >= 11 is 1.17. The Bertz CT molecular complexity index is 1330. The lowest BCUT2D eigenvalue weighted by Crippen LogP contribution is -2.28. The van der Waals surface area contributed by atoms with Crippen LogP contribution in [0.3, 0.4) is 0 Å². The van der Waals surface area contributed by atoms with Crippen LogP contribution in [0.1, 0.15) is 21.1 Å². The molecule has 0 aliphatic heterocycles. The zero-order valence-electron chi connectivity index (χ0n) is 18.9. The van der Waals surface area contributed by atoms with Crippen LogP contribution in [0.5, 0.6) is 11.5 Å². The molecule has 0 aliphatic carbocycles. The molecule has 2 amide bonds. The highest BCUT2D eigenvalue weighted by molar-refractivity contribution is 7.89. The molecule has 0 radical (unpaired) electrons. The summed E-state index contributed by atoms with van der Waals surface area (Å²) in [4.78, 5) is 28.4. The number of hydrogen-bond acceptors (Lipinski definition) is 8. The maximum absolute atomic E-state index is 12.3. The number of rotatable bonds is 11. The van der Waals surface area contributed by atoms with Crippen molar-refractivity contribution in [1.29, 1.82) is 0 Å². The van der Waals surface area contributed by atoms with Gasteiger partial charge in [-0.05, 0) is 48.4 Å². The molecule has 198 valence electrons. The van der Waals surface area contributed by atoms with E-state index in [0.717, 1.165) is 17.7 Å². The fourth-order valence-corrected chi connectivity index (χ4v) is 4.09. The normalized spacial score (nSPS) is 11.6. The lowest BCUT2D eigenvalue weighted by molar-refractivity contribution is -0.274. The molecule has 0 unspecified atom stereocenters. The number of carbonyl (C=O) groups excluding carboxylic acids is 2. The van der Waals surface area contributed by atoms with Crippen LogP contribution in [0, 0.1) is 0 Å². The Hall–Kier alpha value is -3.69. The van der Waals surface area contributed by atoms with Gasteiger partial charge in [0, 0.05) is 11.9 Å². The molecule has 15 heteroatoms. The third kappa shape index (κ3) is 9.36. The van der Waals surface area contributed by atoms with E-state index >= 15 is 0 Å². The number of nitrogens with one attached hydrogen (secondary N) is 2. The molecule has 0 bridgehead atoms. The predicted molar refractivity (Wildman–Crippen MR) is 126 cm³/mol. The van der Waals surface area contributed by atoms with E-state index in [2.05, 4.69) is 20.4 Å². The molecule has 1 aromatic heterocycles. The number of thiazole rings is 1. The number of alkyl halides is 3. The van der Waals surface area contributed by atoms with E-state index in [1.54, 1.807) is 17.5 Å². The van der Waals surface area contributed by atoms with Crippen molar-refractivity contribution in [3.63, 3.8) is 0 Å². The van der Waals surface area contributed by atoms with Crippen molar-refractivity contribution < 1.29 is 40.7 Å². The third-order valence-electron chi connectivity index (χ3n) is 4.60. The Kier molecular flexibility index (Phi) is 9.07. The van der Waals surface area contributed by atoms with Crippen molar-refractivity contribution in [3.8, 4) is 11.5 Å². The molecule has 3 rings (SSSR count). The van der Waals surface area contributed by atoms with Crippen molar-refractivity contribution in [1.82, 2.24) is 15.6 Å². The molecule has 0 saturated carbocycles.